The van der Waals surface area contributed by atoms with Crippen molar-refractivity contribution in [3.05, 3.63) is 0 Å². The van der Waals surface area contributed by atoms with Gasteiger partial charge < -0.3 is 10.1 Å². The topological polar surface area (TPSA) is 24.5 Å². The van der Waals surface area contributed by atoms with E-state index in [0.29, 0.717) is 23.6 Å². The van der Waals surface area contributed by atoms with Crippen LogP contribution < -0.4 is 5.32 Å². The van der Waals surface area contributed by atoms with Crippen LogP contribution in [0.2, 0.25) is 0 Å². The molecule has 3 nitrogen and oxygen atoms in total. The highest BCUT2D eigenvalue weighted by Crippen LogP contribution is 2.37. The normalized spacial score (nSPS) is 34.4. The van der Waals surface area contributed by atoms with E-state index >= 15 is 0 Å². The fourth-order valence-electron chi connectivity index (χ4n) is 3.92. The first-order valence-corrected chi connectivity index (χ1v) is 8.57. The first-order chi connectivity index (χ1) is 9.52. The quantitative estimate of drug-likeness (QED) is 0.839. The Labute approximate surface area is 125 Å². The van der Waals surface area contributed by atoms with E-state index in [-0.39, 0.29) is 0 Å². The molecule has 1 N–H and O–H groups in total. The minimum atomic E-state index is 0.459. The van der Waals surface area contributed by atoms with E-state index in [0.717, 1.165) is 19.7 Å². The van der Waals surface area contributed by atoms with E-state index in [9.17, 15) is 0 Å². The monoisotopic (exact) mass is 282 g/mol. The van der Waals surface area contributed by atoms with Crippen LogP contribution in [0.3, 0.4) is 0 Å². The van der Waals surface area contributed by atoms with Gasteiger partial charge in [0.05, 0.1) is 6.10 Å². The van der Waals surface area contributed by atoms with Gasteiger partial charge in [0, 0.05) is 25.2 Å². The molecule has 1 saturated carbocycles. The Morgan fingerprint density at radius 1 is 1.25 bits per heavy atom. The molecular formula is C17H34N2O. The van der Waals surface area contributed by atoms with Crippen molar-refractivity contribution in [2.75, 3.05) is 26.7 Å². The lowest BCUT2D eigenvalue weighted by molar-refractivity contribution is -0.0208. The first kappa shape index (κ1) is 16.3. The lowest BCUT2D eigenvalue weighted by atomic mass is 9.72. The zero-order valence-electron chi connectivity index (χ0n) is 14.0. The summed E-state index contributed by atoms with van der Waals surface area (Å²) in [6.07, 6.45) is 8.24. The molecule has 0 aromatic carbocycles. The highest BCUT2D eigenvalue weighted by atomic mass is 16.5. The number of ether oxygens (including phenoxy) is 1. The molecule has 3 heteroatoms. The van der Waals surface area contributed by atoms with Crippen LogP contribution in [0.25, 0.3) is 0 Å². The smallest absolute Gasteiger partial charge is 0.0702 e. The molecule has 2 aliphatic rings. The van der Waals surface area contributed by atoms with Gasteiger partial charge in [-0.2, -0.15) is 0 Å². The average molecular weight is 282 g/mol. The first-order valence-electron chi connectivity index (χ1n) is 8.57. The minimum absolute atomic E-state index is 0.459. The molecule has 0 radical (unpaired) electrons. The molecule has 0 amide bonds. The van der Waals surface area contributed by atoms with E-state index in [4.69, 9.17) is 4.74 Å². The van der Waals surface area contributed by atoms with E-state index in [1.807, 2.05) is 0 Å². The Hall–Kier alpha value is -0.120. The number of nitrogens with one attached hydrogen (secondary N) is 1. The summed E-state index contributed by atoms with van der Waals surface area (Å²) >= 11 is 0. The molecule has 1 aliphatic heterocycles. The second-order valence-electron chi connectivity index (χ2n) is 7.57. The summed E-state index contributed by atoms with van der Waals surface area (Å²) in [6, 6.07) is 1.31. The zero-order chi connectivity index (χ0) is 14.6. The summed E-state index contributed by atoms with van der Waals surface area (Å²) in [7, 11) is 2.30. The molecule has 1 saturated heterocycles. The van der Waals surface area contributed by atoms with Crippen LogP contribution in [-0.4, -0.2) is 49.8 Å². The van der Waals surface area contributed by atoms with Crippen LogP contribution in [0.1, 0.15) is 59.3 Å². The number of hydrogen-bond acceptors (Lipinski definition) is 3. The second-order valence-corrected chi connectivity index (χ2v) is 7.57. The Bertz CT molecular complexity index is 287. The third-order valence-electron chi connectivity index (χ3n) is 5.16. The lowest BCUT2D eigenvalue weighted by Crippen LogP contribution is -2.55. The van der Waals surface area contributed by atoms with Crippen LogP contribution in [0, 0.1) is 5.41 Å². The van der Waals surface area contributed by atoms with Crippen LogP contribution in [0.5, 0.6) is 0 Å². The predicted octanol–water partition coefficient (Wildman–Crippen LogP) is 3.04. The van der Waals surface area contributed by atoms with E-state index in [2.05, 4.69) is 38.0 Å². The average Bonchev–Trinajstić information content (AvgIpc) is 2.42. The molecule has 2 rings (SSSR count). The maximum absolute atomic E-state index is 5.92. The Kier molecular flexibility index (Phi) is 5.88. The van der Waals surface area contributed by atoms with Gasteiger partial charge in [-0.15, -0.1) is 0 Å². The maximum atomic E-state index is 5.92. The van der Waals surface area contributed by atoms with Gasteiger partial charge >= 0.3 is 0 Å². The summed E-state index contributed by atoms with van der Waals surface area (Å²) < 4.78 is 5.92. The van der Waals surface area contributed by atoms with Gasteiger partial charge in [0.1, 0.15) is 0 Å². The Morgan fingerprint density at radius 2 is 2.05 bits per heavy atom. The molecule has 1 heterocycles. The summed E-state index contributed by atoms with van der Waals surface area (Å²) in [4.78, 5) is 2.57. The SMILES string of the molecule is CCNC1CCC(C)(C)CC1N(C)CC1CCCCO1. The Morgan fingerprint density at radius 3 is 2.70 bits per heavy atom. The van der Waals surface area contributed by atoms with Crippen molar-refractivity contribution in [3.63, 3.8) is 0 Å². The second kappa shape index (κ2) is 7.24. The standard InChI is InChI=1S/C17H34N2O/c1-5-18-15-9-10-17(2,3)12-16(15)19(4)13-14-8-6-7-11-20-14/h14-16,18H,5-13H2,1-4H3. The third kappa shape index (κ3) is 4.44. The molecule has 20 heavy (non-hydrogen) atoms. The zero-order valence-corrected chi connectivity index (χ0v) is 14.0. The van der Waals surface area contributed by atoms with Gasteiger partial charge in [-0.25, -0.2) is 0 Å². The van der Waals surface area contributed by atoms with Gasteiger partial charge in [-0.3, -0.25) is 4.90 Å². The molecule has 3 unspecified atom stereocenters. The van der Waals surface area contributed by atoms with Crippen molar-refractivity contribution >= 4 is 0 Å². The van der Waals surface area contributed by atoms with Crippen molar-refractivity contribution in [3.8, 4) is 0 Å². The van der Waals surface area contributed by atoms with Crippen LogP contribution in [0.4, 0.5) is 0 Å². The van der Waals surface area contributed by atoms with Crippen molar-refractivity contribution in [2.24, 2.45) is 5.41 Å². The summed E-state index contributed by atoms with van der Waals surface area (Å²) in [5, 5.41) is 3.71. The van der Waals surface area contributed by atoms with E-state index < -0.39 is 0 Å². The molecule has 0 aromatic heterocycles. The van der Waals surface area contributed by atoms with Crippen LogP contribution in [-0.2, 0) is 4.74 Å². The van der Waals surface area contributed by atoms with Gasteiger partial charge in [-0.05, 0) is 57.5 Å². The van der Waals surface area contributed by atoms with Crippen molar-refractivity contribution < 1.29 is 4.74 Å². The van der Waals surface area contributed by atoms with Gasteiger partial charge in [0.15, 0.2) is 0 Å². The van der Waals surface area contributed by atoms with E-state index in [1.54, 1.807) is 0 Å². The molecule has 118 valence electrons. The Balaban J connectivity index is 1.93. The summed E-state index contributed by atoms with van der Waals surface area (Å²) in [5.74, 6) is 0. The minimum Gasteiger partial charge on any atom is -0.377 e. The predicted molar refractivity (Wildman–Crippen MR) is 85.1 cm³/mol. The third-order valence-corrected chi connectivity index (χ3v) is 5.16. The molecule has 1 aliphatic carbocycles. The van der Waals surface area contributed by atoms with E-state index in [1.165, 1.54) is 38.5 Å². The highest BCUT2D eigenvalue weighted by Gasteiger charge is 2.37. The fraction of sp³-hybridized carbons (Fsp3) is 1.00. The number of rotatable bonds is 5. The molecule has 0 spiro atoms. The van der Waals surface area contributed by atoms with Crippen molar-refractivity contribution in [1.29, 1.82) is 0 Å². The fourth-order valence-corrected chi connectivity index (χ4v) is 3.92. The highest BCUT2D eigenvalue weighted by molar-refractivity contribution is 4.94. The van der Waals surface area contributed by atoms with Crippen molar-refractivity contribution in [2.45, 2.75) is 77.5 Å². The number of hydrogen-bond donors (Lipinski definition) is 1. The molecule has 3 atom stereocenters. The van der Waals surface area contributed by atoms with Gasteiger partial charge in [0.25, 0.3) is 0 Å². The van der Waals surface area contributed by atoms with Crippen LogP contribution in [0.15, 0.2) is 0 Å². The van der Waals surface area contributed by atoms with Gasteiger partial charge in [-0.1, -0.05) is 20.8 Å². The van der Waals surface area contributed by atoms with Gasteiger partial charge in [0.2, 0.25) is 0 Å². The van der Waals surface area contributed by atoms with Crippen LogP contribution >= 0.6 is 0 Å². The molecule has 0 bridgehead atoms. The molecule has 2 fully saturated rings. The maximum Gasteiger partial charge on any atom is 0.0702 e. The van der Waals surface area contributed by atoms with Crippen molar-refractivity contribution in [1.82, 2.24) is 10.2 Å². The number of likely N-dealkylation sites (N-methyl/N-ethyl adjacent to an activating group) is 2. The molecule has 0 aromatic rings. The molecular weight excluding hydrogens is 248 g/mol. The summed E-state index contributed by atoms with van der Waals surface area (Å²) in [5.41, 5.74) is 0.484. The number of nitrogens with zero attached hydrogens (tertiary/aromatic N) is 1. The largest absolute Gasteiger partial charge is 0.377 e. The lowest BCUT2D eigenvalue weighted by Gasteiger charge is -2.46. The summed E-state index contributed by atoms with van der Waals surface area (Å²) in [6.45, 7) is 10.2.